The van der Waals surface area contributed by atoms with Gasteiger partial charge in [0.05, 0.1) is 0 Å². The number of hydrogen-bond donors (Lipinski definition) is 2. The van der Waals surface area contributed by atoms with Crippen molar-refractivity contribution < 1.29 is 0 Å². The van der Waals surface area contributed by atoms with Crippen LogP contribution in [0.2, 0.25) is 0 Å². The summed E-state index contributed by atoms with van der Waals surface area (Å²) in [6.45, 7) is 0. The van der Waals surface area contributed by atoms with Crippen molar-refractivity contribution in [2.45, 2.75) is 6.42 Å². The van der Waals surface area contributed by atoms with E-state index in [0.717, 1.165) is 29.1 Å². The molecule has 0 radical (unpaired) electrons. The molecular weight excluding hydrogens is 238 g/mol. The zero-order valence-corrected chi connectivity index (χ0v) is 11.0. The van der Waals surface area contributed by atoms with Crippen LogP contribution in [-0.4, -0.2) is 5.75 Å². The summed E-state index contributed by atoms with van der Waals surface area (Å²) in [5, 5.41) is 3.34. The van der Waals surface area contributed by atoms with Crippen LogP contribution in [0.5, 0.6) is 0 Å². The molecule has 0 bridgehead atoms. The Labute approximate surface area is 114 Å². The highest BCUT2D eigenvalue weighted by Crippen LogP contribution is 2.16. The van der Waals surface area contributed by atoms with Crippen molar-refractivity contribution in [2.75, 3.05) is 11.1 Å². The van der Waals surface area contributed by atoms with E-state index in [1.807, 2.05) is 54.6 Å². The van der Waals surface area contributed by atoms with E-state index in [2.05, 4.69) is 29.8 Å². The van der Waals surface area contributed by atoms with Gasteiger partial charge in [0.25, 0.3) is 0 Å². The van der Waals surface area contributed by atoms with Crippen LogP contribution in [-0.2, 0) is 0 Å². The van der Waals surface area contributed by atoms with Gasteiger partial charge in [0.1, 0.15) is 0 Å². The first kappa shape index (κ1) is 12.6. The van der Waals surface area contributed by atoms with Crippen LogP contribution < -0.4 is 5.32 Å². The Bertz CT molecular complexity index is 535. The first-order chi connectivity index (χ1) is 8.88. The van der Waals surface area contributed by atoms with Crippen LogP contribution >= 0.6 is 12.6 Å². The quantitative estimate of drug-likeness (QED) is 0.620. The highest BCUT2D eigenvalue weighted by atomic mass is 32.1. The fraction of sp³-hybridized carbons (Fsp3) is 0.125. The summed E-state index contributed by atoms with van der Waals surface area (Å²) in [4.78, 5) is 0. The van der Waals surface area contributed by atoms with E-state index in [4.69, 9.17) is 0 Å². The SMILES string of the molecule is SCCC#Cc1ccc(Nc2ccccc2)cc1. The molecule has 0 atom stereocenters. The van der Waals surface area contributed by atoms with Gasteiger partial charge in [0.2, 0.25) is 0 Å². The number of para-hydroxylation sites is 1. The van der Waals surface area contributed by atoms with E-state index >= 15 is 0 Å². The molecule has 0 aliphatic rings. The number of benzene rings is 2. The minimum atomic E-state index is 0.806. The summed E-state index contributed by atoms with van der Waals surface area (Å²) in [5.74, 6) is 6.99. The van der Waals surface area contributed by atoms with Crippen LogP contribution in [0.1, 0.15) is 12.0 Å². The average Bonchev–Trinajstić information content (AvgIpc) is 2.42. The second kappa shape index (κ2) is 6.78. The Hall–Kier alpha value is -1.85. The Morgan fingerprint density at radius 1 is 0.889 bits per heavy atom. The third kappa shape index (κ3) is 3.87. The molecule has 18 heavy (non-hydrogen) atoms. The van der Waals surface area contributed by atoms with Crippen LogP contribution in [0.15, 0.2) is 54.6 Å². The highest BCUT2D eigenvalue weighted by Gasteiger charge is 1.93. The van der Waals surface area contributed by atoms with E-state index < -0.39 is 0 Å². The minimum Gasteiger partial charge on any atom is -0.356 e. The topological polar surface area (TPSA) is 12.0 Å². The van der Waals surface area contributed by atoms with Gasteiger partial charge in [0.15, 0.2) is 0 Å². The van der Waals surface area contributed by atoms with Crippen LogP contribution in [0.4, 0.5) is 11.4 Å². The molecule has 0 aromatic heterocycles. The highest BCUT2D eigenvalue weighted by molar-refractivity contribution is 7.80. The number of thiol groups is 1. The molecule has 2 rings (SSSR count). The number of anilines is 2. The third-order valence-electron chi connectivity index (χ3n) is 2.42. The van der Waals surface area contributed by atoms with Crippen LogP contribution in [0.25, 0.3) is 0 Å². The lowest BCUT2D eigenvalue weighted by atomic mass is 10.2. The normalized spacial score (nSPS) is 9.39. The van der Waals surface area contributed by atoms with Gasteiger partial charge in [-0.05, 0) is 36.4 Å². The van der Waals surface area contributed by atoms with E-state index in [-0.39, 0.29) is 0 Å². The first-order valence-corrected chi connectivity index (χ1v) is 6.53. The lowest BCUT2D eigenvalue weighted by Crippen LogP contribution is -1.89. The van der Waals surface area contributed by atoms with Crippen molar-refractivity contribution in [3.63, 3.8) is 0 Å². The van der Waals surface area contributed by atoms with Crippen LogP contribution in [0, 0.1) is 11.8 Å². The van der Waals surface area contributed by atoms with Crippen molar-refractivity contribution >= 4 is 24.0 Å². The van der Waals surface area contributed by atoms with Crippen molar-refractivity contribution in [3.05, 3.63) is 60.2 Å². The van der Waals surface area contributed by atoms with Gasteiger partial charge in [-0.1, -0.05) is 30.0 Å². The largest absolute Gasteiger partial charge is 0.356 e. The smallest absolute Gasteiger partial charge is 0.0385 e. The molecule has 0 unspecified atom stereocenters. The van der Waals surface area contributed by atoms with Gasteiger partial charge in [-0.3, -0.25) is 0 Å². The van der Waals surface area contributed by atoms with Crippen LogP contribution in [0.3, 0.4) is 0 Å². The molecule has 2 aromatic carbocycles. The fourth-order valence-corrected chi connectivity index (χ4v) is 1.66. The Morgan fingerprint density at radius 2 is 1.56 bits per heavy atom. The molecule has 0 fully saturated rings. The molecule has 90 valence electrons. The molecule has 2 aromatic rings. The summed E-state index contributed by atoms with van der Waals surface area (Å²) >= 11 is 4.13. The fourth-order valence-electron chi connectivity index (χ4n) is 1.55. The van der Waals surface area contributed by atoms with E-state index in [1.54, 1.807) is 0 Å². The number of rotatable bonds is 3. The third-order valence-corrected chi connectivity index (χ3v) is 2.64. The molecule has 0 saturated heterocycles. The molecule has 0 spiro atoms. The second-order valence-electron chi connectivity index (χ2n) is 3.84. The predicted molar refractivity (Wildman–Crippen MR) is 81.5 cm³/mol. The maximum Gasteiger partial charge on any atom is 0.0385 e. The summed E-state index contributed by atoms with van der Waals surface area (Å²) in [6, 6.07) is 18.2. The van der Waals surface area contributed by atoms with Gasteiger partial charge in [0, 0.05) is 29.1 Å². The molecule has 1 nitrogen and oxygen atoms in total. The van der Waals surface area contributed by atoms with Gasteiger partial charge < -0.3 is 5.32 Å². The van der Waals surface area contributed by atoms with Crippen molar-refractivity contribution in [1.29, 1.82) is 0 Å². The molecule has 0 aliphatic heterocycles. The number of hydrogen-bond acceptors (Lipinski definition) is 2. The standard InChI is InChI=1S/C16H15NS/c18-13-5-4-6-14-9-11-16(12-10-14)17-15-7-2-1-3-8-15/h1-3,7-12,17-18H,5,13H2. The van der Waals surface area contributed by atoms with E-state index in [0.29, 0.717) is 0 Å². The summed E-state index contributed by atoms with van der Waals surface area (Å²) in [7, 11) is 0. The molecule has 0 saturated carbocycles. The first-order valence-electron chi connectivity index (χ1n) is 5.90. The molecule has 1 N–H and O–H groups in total. The van der Waals surface area contributed by atoms with Gasteiger partial charge in [-0.25, -0.2) is 0 Å². The lowest BCUT2D eigenvalue weighted by Gasteiger charge is -2.05. The van der Waals surface area contributed by atoms with Gasteiger partial charge in [-0.2, -0.15) is 12.6 Å². The zero-order chi connectivity index (χ0) is 12.6. The summed E-state index contributed by atoms with van der Waals surface area (Å²) in [5.41, 5.74) is 3.20. The molecule has 0 amide bonds. The van der Waals surface area contributed by atoms with Gasteiger partial charge >= 0.3 is 0 Å². The average molecular weight is 253 g/mol. The summed E-state index contributed by atoms with van der Waals surface area (Å²) < 4.78 is 0. The molecule has 0 aliphatic carbocycles. The van der Waals surface area contributed by atoms with Crippen molar-refractivity contribution in [2.24, 2.45) is 0 Å². The van der Waals surface area contributed by atoms with E-state index in [9.17, 15) is 0 Å². The van der Waals surface area contributed by atoms with E-state index in [1.165, 1.54) is 0 Å². The molecule has 0 heterocycles. The van der Waals surface area contributed by atoms with Crippen molar-refractivity contribution in [3.8, 4) is 11.8 Å². The molecular formula is C16H15NS. The monoisotopic (exact) mass is 253 g/mol. The Balaban J connectivity index is 2.02. The van der Waals surface area contributed by atoms with Gasteiger partial charge in [-0.15, -0.1) is 0 Å². The second-order valence-corrected chi connectivity index (χ2v) is 4.29. The Kier molecular flexibility index (Phi) is 4.75. The molecule has 2 heteroatoms. The number of nitrogens with one attached hydrogen (secondary N) is 1. The van der Waals surface area contributed by atoms with Crippen molar-refractivity contribution in [1.82, 2.24) is 0 Å². The zero-order valence-electron chi connectivity index (χ0n) is 10.1. The Morgan fingerprint density at radius 3 is 2.22 bits per heavy atom. The maximum atomic E-state index is 4.13. The predicted octanol–water partition coefficient (Wildman–Crippen LogP) is 4.10. The minimum absolute atomic E-state index is 0.806. The maximum absolute atomic E-state index is 4.13. The summed E-state index contributed by atoms with van der Waals surface area (Å²) in [6.07, 6.45) is 0.827. The lowest BCUT2D eigenvalue weighted by molar-refractivity contribution is 1.31.